The first-order valence-electron chi connectivity index (χ1n) is 9.89. The number of rotatable bonds is 5. The largest absolute Gasteiger partial charge is 0.379 e. The van der Waals surface area contributed by atoms with Crippen molar-refractivity contribution < 1.29 is 22.3 Å². The number of amides is 1. The summed E-state index contributed by atoms with van der Waals surface area (Å²) in [6.45, 7) is 2.89. The van der Waals surface area contributed by atoms with E-state index in [1.165, 1.54) is 16.4 Å². The summed E-state index contributed by atoms with van der Waals surface area (Å²) in [5, 5.41) is 2.95. The van der Waals surface area contributed by atoms with Crippen molar-refractivity contribution in [2.75, 3.05) is 43.1 Å². The SMILES string of the molecule is CC1Cc2ccccc2N1C(=O)CNc1ccc(F)c(S(=O)(=O)N2CCOCC2)c1. The van der Waals surface area contributed by atoms with Gasteiger partial charge >= 0.3 is 0 Å². The van der Waals surface area contributed by atoms with Crippen LogP contribution >= 0.6 is 0 Å². The van der Waals surface area contributed by atoms with Crippen LogP contribution in [0.2, 0.25) is 0 Å². The number of carbonyl (C=O) groups is 1. The zero-order valence-corrected chi connectivity index (χ0v) is 17.5. The summed E-state index contributed by atoms with van der Waals surface area (Å²) in [4.78, 5) is 14.2. The molecular weight excluding hydrogens is 409 g/mol. The molecule has 0 aliphatic carbocycles. The van der Waals surface area contributed by atoms with E-state index < -0.39 is 20.7 Å². The van der Waals surface area contributed by atoms with Gasteiger partial charge in [-0.15, -0.1) is 0 Å². The third kappa shape index (κ3) is 3.92. The maximum atomic E-state index is 14.3. The van der Waals surface area contributed by atoms with Gasteiger partial charge in [0.15, 0.2) is 0 Å². The summed E-state index contributed by atoms with van der Waals surface area (Å²) >= 11 is 0. The summed E-state index contributed by atoms with van der Waals surface area (Å²) < 4.78 is 46.4. The van der Waals surface area contributed by atoms with Crippen molar-refractivity contribution in [2.24, 2.45) is 0 Å². The zero-order valence-electron chi connectivity index (χ0n) is 16.7. The molecule has 2 aliphatic heterocycles. The molecule has 2 heterocycles. The second-order valence-electron chi connectivity index (χ2n) is 7.46. The lowest BCUT2D eigenvalue weighted by Gasteiger charge is -2.26. The molecule has 0 saturated carbocycles. The van der Waals surface area contributed by atoms with Gasteiger partial charge in [0.25, 0.3) is 0 Å². The van der Waals surface area contributed by atoms with Gasteiger partial charge in [0.05, 0.1) is 19.8 Å². The highest BCUT2D eigenvalue weighted by atomic mass is 32.2. The highest BCUT2D eigenvalue weighted by Crippen LogP contribution is 2.32. The molecule has 1 fully saturated rings. The summed E-state index contributed by atoms with van der Waals surface area (Å²) in [7, 11) is -3.98. The molecule has 30 heavy (non-hydrogen) atoms. The Morgan fingerprint density at radius 3 is 2.70 bits per heavy atom. The molecule has 1 saturated heterocycles. The fraction of sp³-hybridized carbons (Fsp3) is 0.381. The van der Waals surface area contributed by atoms with E-state index in [2.05, 4.69) is 5.32 Å². The van der Waals surface area contributed by atoms with Crippen molar-refractivity contribution in [3.63, 3.8) is 0 Å². The van der Waals surface area contributed by atoms with E-state index in [1.807, 2.05) is 31.2 Å². The zero-order chi connectivity index (χ0) is 21.3. The molecule has 2 aliphatic rings. The minimum absolute atomic E-state index is 0.0264. The van der Waals surface area contributed by atoms with Crippen LogP contribution in [0, 0.1) is 5.82 Å². The minimum Gasteiger partial charge on any atom is -0.379 e. The smallest absolute Gasteiger partial charge is 0.246 e. The summed E-state index contributed by atoms with van der Waals surface area (Å²) in [5.74, 6) is -0.949. The first kappa shape index (κ1) is 20.8. The Kier molecular flexibility index (Phi) is 5.77. The Bertz CT molecular complexity index is 1050. The lowest BCUT2D eigenvalue weighted by molar-refractivity contribution is -0.117. The third-order valence-corrected chi connectivity index (χ3v) is 7.35. The van der Waals surface area contributed by atoms with E-state index in [-0.39, 0.29) is 44.8 Å². The minimum atomic E-state index is -3.98. The van der Waals surface area contributed by atoms with Crippen LogP contribution in [0.15, 0.2) is 47.4 Å². The number of hydrogen-bond acceptors (Lipinski definition) is 5. The van der Waals surface area contributed by atoms with Gasteiger partial charge in [0, 0.05) is 30.5 Å². The van der Waals surface area contributed by atoms with Crippen LogP contribution in [0.1, 0.15) is 12.5 Å². The molecule has 2 aromatic rings. The van der Waals surface area contributed by atoms with Gasteiger partial charge in [0.2, 0.25) is 15.9 Å². The second kappa shape index (κ2) is 8.33. The Morgan fingerprint density at radius 2 is 1.93 bits per heavy atom. The topological polar surface area (TPSA) is 79.0 Å². The summed E-state index contributed by atoms with van der Waals surface area (Å²) in [6, 6.07) is 11.6. The lowest BCUT2D eigenvalue weighted by Crippen LogP contribution is -2.41. The average Bonchev–Trinajstić information content (AvgIpc) is 3.09. The fourth-order valence-electron chi connectivity index (χ4n) is 3.95. The second-order valence-corrected chi connectivity index (χ2v) is 9.37. The number of nitrogens with zero attached hydrogens (tertiary/aromatic N) is 2. The normalized spacial score (nSPS) is 19.5. The number of benzene rings is 2. The number of ether oxygens (including phenoxy) is 1. The number of fused-ring (bicyclic) bond motifs is 1. The van der Waals surface area contributed by atoms with Crippen molar-refractivity contribution in [3.05, 3.63) is 53.8 Å². The van der Waals surface area contributed by atoms with Crippen LogP contribution < -0.4 is 10.2 Å². The average molecular weight is 434 g/mol. The third-order valence-electron chi connectivity index (χ3n) is 5.44. The Morgan fingerprint density at radius 1 is 1.20 bits per heavy atom. The maximum absolute atomic E-state index is 14.3. The predicted octanol–water partition coefficient (Wildman–Crippen LogP) is 2.24. The van der Waals surface area contributed by atoms with E-state index >= 15 is 0 Å². The molecule has 1 N–H and O–H groups in total. The van der Waals surface area contributed by atoms with Crippen LogP contribution in [0.25, 0.3) is 0 Å². The van der Waals surface area contributed by atoms with E-state index in [9.17, 15) is 17.6 Å². The van der Waals surface area contributed by atoms with Gasteiger partial charge in [-0.1, -0.05) is 18.2 Å². The number of anilines is 2. The molecule has 1 atom stereocenters. The molecule has 1 amide bonds. The molecule has 9 heteroatoms. The number of halogens is 1. The van der Waals surface area contributed by atoms with Crippen LogP contribution in [0.4, 0.5) is 15.8 Å². The van der Waals surface area contributed by atoms with E-state index in [0.29, 0.717) is 5.69 Å². The number of para-hydroxylation sites is 1. The van der Waals surface area contributed by atoms with Crippen LogP contribution in [0.3, 0.4) is 0 Å². The Balaban J connectivity index is 1.49. The van der Waals surface area contributed by atoms with Crippen LogP contribution in [-0.4, -0.2) is 57.5 Å². The quantitative estimate of drug-likeness (QED) is 0.783. The summed E-state index contributed by atoms with van der Waals surface area (Å²) in [6.07, 6.45) is 0.792. The van der Waals surface area contributed by atoms with Crippen molar-refractivity contribution in [2.45, 2.75) is 24.3 Å². The molecule has 2 aromatic carbocycles. The van der Waals surface area contributed by atoms with E-state index in [4.69, 9.17) is 4.74 Å². The molecule has 160 valence electrons. The highest BCUT2D eigenvalue weighted by molar-refractivity contribution is 7.89. The standard InChI is InChI=1S/C21H24FN3O4S/c1-15-12-16-4-2-3-5-19(16)25(15)21(26)14-23-17-6-7-18(22)20(13-17)30(27,28)24-8-10-29-11-9-24/h2-7,13,15,23H,8-12,14H2,1H3. The van der Waals surface area contributed by atoms with Crippen molar-refractivity contribution in [1.29, 1.82) is 0 Å². The van der Waals surface area contributed by atoms with Crippen LogP contribution in [-0.2, 0) is 26.0 Å². The number of morpholine rings is 1. The van der Waals surface area contributed by atoms with Gasteiger partial charge in [-0.2, -0.15) is 4.31 Å². The van der Waals surface area contributed by atoms with Crippen molar-refractivity contribution in [3.8, 4) is 0 Å². The number of nitrogens with one attached hydrogen (secondary N) is 1. The van der Waals surface area contributed by atoms with E-state index in [1.54, 1.807) is 4.90 Å². The fourth-order valence-corrected chi connectivity index (χ4v) is 5.44. The predicted molar refractivity (Wildman–Crippen MR) is 112 cm³/mol. The Hall–Kier alpha value is -2.49. The Labute approximate surface area is 175 Å². The highest BCUT2D eigenvalue weighted by Gasteiger charge is 2.31. The maximum Gasteiger partial charge on any atom is 0.246 e. The van der Waals surface area contributed by atoms with Gasteiger partial charge in [-0.25, -0.2) is 12.8 Å². The molecular formula is C21H24FN3O4S. The van der Waals surface area contributed by atoms with Crippen molar-refractivity contribution >= 4 is 27.3 Å². The molecule has 0 radical (unpaired) electrons. The van der Waals surface area contributed by atoms with Gasteiger partial charge in [-0.3, -0.25) is 4.79 Å². The number of carbonyl (C=O) groups excluding carboxylic acids is 1. The van der Waals surface area contributed by atoms with Gasteiger partial charge in [-0.05, 0) is 43.2 Å². The molecule has 0 aromatic heterocycles. The monoisotopic (exact) mass is 433 g/mol. The molecule has 7 nitrogen and oxygen atoms in total. The van der Waals surface area contributed by atoms with Crippen molar-refractivity contribution in [1.82, 2.24) is 4.31 Å². The molecule has 4 rings (SSSR count). The molecule has 0 spiro atoms. The lowest BCUT2D eigenvalue weighted by atomic mass is 10.1. The first-order chi connectivity index (χ1) is 14.4. The van der Waals surface area contributed by atoms with Crippen LogP contribution in [0.5, 0.6) is 0 Å². The van der Waals surface area contributed by atoms with Gasteiger partial charge in [0.1, 0.15) is 10.7 Å². The van der Waals surface area contributed by atoms with Gasteiger partial charge < -0.3 is 15.0 Å². The molecule has 1 unspecified atom stereocenters. The summed E-state index contributed by atoms with van der Waals surface area (Å²) in [5.41, 5.74) is 2.39. The number of hydrogen-bond donors (Lipinski definition) is 1. The first-order valence-corrected chi connectivity index (χ1v) is 11.3. The van der Waals surface area contributed by atoms with E-state index in [0.717, 1.165) is 23.7 Å². The number of sulfonamides is 1. The molecule has 0 bridgehead atoms.